The summed E-state index contributed by atoms with van der Waals surface area (Å²) in [5.74, 6) is -0.416. The maximum atomic E-state index is 13.3. The Bertz CT molecular complexity index is 946. The molecule has 0 saturated carbocycles. The molecular weight excluding hydrogens is 351 g/mol. The number of rotatable bonds is 3. The van der Waals surface area contributed by atoms with E-state index in [1.807, 2.05) is 19.1 Å². The van der Waals surface area contributed by atoms with Crippen LogP contribution < -0.4 is 5.32 Å². The molecule has 26 heavy (non-hydrogen) atoms. The molecule has 6 heteroatoms. The summed E-state index contributed by atoms with van der Waals surface area (Å²) >= 11 is 1.47. The number of hydrogen-bond acceptors (Lipinski definition) is 4. The number of anilines is 1. The van der Waals surface area contributed by atoms with Gasteiger partial charge in [-0.05, 0) is 55.2 Å². The maximum Gasteiger partial charge on any atom is 0.236 e. The summed E-state index contributed by atoms with van der Waals surface area (Å²) in [5.41, 5.74) is 2.13. The lowest BCUT2D eigenvalue weighted by atomic mass is 9.73. The first kappa shape index (κ1) is 17.1. The number of nitrogens with zero attached hydrogens (tertiary/aromatic N) is 1. The van der Waals surface area contributed by atoms with Gasteiger partial charge < -0.3 is 10.1 Å². The van der Waals surface area contributed by atoms with Crippen LogP contribution in [0.1, 0.15) is 24.0 Å². The van der Waals surface area contributed by atoms with Crippen molar-refractivity contribution < 1.29 is 13.9 Å². The van der Waals surface area contributed by atoms with E-state index >= 15 is 0 Å². The Balaban J connectivity index is 1.66. The highest BCUT2D eigenvalue weighted by Crippen LogP contribution is 2.37. The molecule has 4 nitrogen and oxygen atoms in total. The molecule has 1 aliphatic heterocycles. The number of carbonyl (C=O) groups excluding carboxylic acids is 1. The molecular formula is C20H19FN2O2S. The first-order chi connectivity index (χ1) is 12.6. The largest absolute Gasteiger partial charge is 0.381 e. The number of ether oxygens (including phenoxy) is 1. The summed E-state index contributed by atoms with van der Waals surface area (Å²) in [4.78, 5) is 17.7. The maximum absolute atomic E-state index is 13.3. The summed E-state index contributed by atoms with van der Waals surface area (Å²) in [6, 6.07) is 12.2. The van der Waals surface area contributed by atoms with Gasteiger partial charge in [-0.1, -0.05) is 29.5 Å². The van der Waals surface area contributed by atoms with E-state index in [0.29, 0.717) is 31.2 Å². The van der Waals surface area contributed by atoms with Gasteiger partial charge in [0.25, 0.3) is 0 Å². The van der Waals surface area contributed by atoms with Crippen LogP contribution in [0.2, 0.25) is 0 Å². The molecule has 1 saturated heterocycles. The van der Waals surface area contributed by atoms with Crippen molar-refractivity contribution in [2.75, 3.05) is 18.5 Å². The second-order valence-electron chi connectivity index (χ2n) is 6.65. The second kappa shape index (κ2) is 6.78. The fourth-order valence-electron chi connectivity index (χ4n) is 3.44. The fraction of sp³-hybridized carbons (Fsp3) is 0.300. The number of hydrogen-bond donors (Lipinski definition) is 1. The van der Waals surface area contributed by atoms with Crippen molar-refractivity contribution in [2.24, 2.45) is 0 Å². The summed E-state index contributed by atoms with van der Waals surface area (Å²) in [5, 5.41) is 3.58. The lowest BCUT2D eigenvalue weighted by Crippen LogP contribution is -2.44. The van der Waals surface area contributed by atoms with Crippen LogP contribution in [-0.4, -0.2) is 24.1 Å². The lowest BCUT2D eigenvalue weighted by Gasteiger charge is -2.35. The zero-order chi connectivity index (χ0) is 18.1. The zero-order valence-electron chi connectivity index (χ0n) is 14.4. The van der Waals surface area contributed by atoms with Crippen molar-refractivity contribution in [3.05, 3.63) is 59.4 Å². The molecule has 1 N–H and O–H groups in total. The average molecular weight is 370 g/mol. The molecule has 2 aromatic carbocycles. The molecule has 1 amide bonds. The molecule has 0 unspecified atom stereocenters. The predicted molar refractivity (Wildman–Crippen MR) is 101 cm³/mol. The van der Waals surface area contributed by atoms with Crippen molar-refractivity contribution in [1.82, 2.24) is 4.98 Å². The van der Waals surface area contributed by atoms with Gasteiger partial charge in [0.15, 0.2) is 5.13 Å². The van der Waals surface area contributed by atoms with Crippen molar-refractivity contribution in [3.8, 4) is 0 Å². The van der Waals surface area contributed by atoms with Crippen LogP contribution in [0, 0.1) is 12.7 Å². The van der Waals surface area contributed by atoms with E-state index in [-0.39, 0.29) is 11.7 Å². The first-order valence-corrected chi connectivity index (χ1v) is 9.41. The minimum absolute atomic E-state index is 0.108. The number of carbonyl (C=O) groups is 1. The number of amides is 1. The Morgan fingerprint density at radius 3 is 2.65 bits per heavy atom. The highest BCUT2D eigenvalue weighted by Gasteiger charge is 2.42. The third kappa shape index (κ3) is 3.10. The summed E-state index contributed by atoms with van der Waals surface area (Å²) in [6.45, 7) is 3.04. The Kier molecular flexibility index (Phi) is 4.46. The van der Waals surface area contributed by atoms with Crippen molar-refractivity contribution in [1.29, 1.82) is 0 Å². The minimum atomic E-state index is -0.722. The van der Waals surface area contributed by atoms with Crippen LogP contribution >= 0.6 is 11.3 Å². The Morgan fingerprint density at radius 2 is 1.92 bits per heavy atom. The SMILES string of the molecule is Cc1ccc2nc(NC(=O)C3(c4ccc(F)cc4)CCOCC3)sc2c1. The fourth-order valence-corrected chi connectivity index (χ4v) is 4.40. The number of nitrogens with one attached hydrogen (secondary N) is 1. The van der Waals surface area contributed by atoms with E-state index in [1.54, 1.807) is 12.1 Å². The first-order valence-electron chi connectivity index (χ1n) is 8.59. The van der Waals surface area contributed by atoms with Gasteiger partial charge in [-0.25, -0.2) is 9.37 Å². The molecule has 1 fully saturated rings. The van der Waals surface area contributed by atoms with Gasteiger partial charge in [0.05, 0.1) is 15.6 Å². The highest BCUT2D eigenvalue weighted by molar-refractivity contribution is 7.22. The van der Waals surface area contributed by atoms with Crippen LogP contribution in [-0.2, 0) is 14.9 Å². The van der Waals surface area contributed by atoms with Crippen molar-refractivity contribution in [2.45, 2.75) is 25.2 Å². The molecule has 0 spiro atoms. The van der Waals surface area contributed by atoms with E-state index in [9.17, 15) is 9.18 Å². The smallest absolute Gasteiger partial charge is 0.236 e. The molecule has 1 aromatic heterocycles. The van der Waals surface area contributed by atoms with Gasteiger partial charge >= 0.3 is 0 Å². The topological polar surface area (TPSA) is 51.2 Å². The van der Waals surface area contributed by atoms with Gasteiger partial charge in [-0.3, -0.25) is 4.79 Å². The number of halogens is 1. The molecule has 1 aliphatic rings. The Hall–Kier alpha value is -2.31. The number of fused-ring (bicyclic) bond motifs is 1. The Morgan fingerprint density at radius 1 is 1.19 bits per heavy atom. The number of aryl methyl sites for hydroxylation is 1. The molecule has 134 valence electrons. The third-order valence-corrected chi connectivity index (χ3v) is 5.88. The van der Waals surface area contributed by atoms with E-state index in [2.05, 4.69) is 16.4 Å². The molecule has 0 atom stereocenters. The van der Waals surface area contributed by atoms with Crippen LogP contribution in [0.15, 0.2) is 42.5 Å². The molecule has 0 aliphatic carbocycles. The van der Waals surface area contributed by atoms with E-state index in [1.165, 1.54) is 23.5 Å². The minimum Gasteiger partial charge on any atom is -0.381 e. The highest BCUT2D eigenvalue weighted by atomic mass is 32.1. The number of thiazole rings is 1. The second-order valence-corrected chi connectivity index (χ2v) is 7.68. The van der Waals surface area contributed by atoms with Crippen LogP contribution in [0.3, 0.4) is 0 Å². The number of benzene rings is 2. The molecule has 2 heterocycles. The van der Waals surface area contributed by atoms with E-state index in [4.69, 9.17) is 4.74 Å². The van der Waals surface area contributed by atoms with Gasteiger partial charge in [0, 0.05) is 13.2 Å². The van der Waals surface area contributed by atoms with Gasteiger partial charge in [-0.15, -0.1) is 0 Å². The monoisotopic (exact) mass is 370 g/mol. The molecule has 0 radical (unpaired) electrons. The normalized spacial score (nSPS) is 16.5. The zero-order valence-corrected chi connectivity index (χ0v) is 15.2. The summed E-state index contributed by atoms with van der Waals surface area (Å²) < 4.78 is 19.9. The molecule has 3 aromatic rings. The number of aromatic nitrogens is 1. The quantitative estimate of drug-likeness (QED) is 0.742. The van der Waals surface area contributed by atoms with E-state index in [0.717, 1.165) is 21.3 Å². The van der Waals surface area contributed by atoms with E-state index < -0.39 is 5.41 Å². The Labute approximate surface area is 155 Å². The van der Waals surface area contributed by atoms with Crippen LogP contribution in [0.25, 0.3) is 10.2 Å². The molecule has 0 bridgehead atoms. The van der Waals surface area contributed by atoms with Gasteiger partial charge in [0.1, 0.15) is 5.82 Å². The summed E-state index contributed by atoms with van der Waals surface area (Å²) in [6.07, 6.45) is 1.13. The lowest BCUT2D eigenvalue weighted by molar-refractivity contribution is -0.125. The third-order valence-electron chi connectivity index (χ3n) is 4.94. The summed E-state index contributed by atoms with van der Waals surface area (Å²) in [7, 11) is 0. The average Bonchev–Trinajstić information content (AvgIpc) is 3.04. The van der Waals surface area contributed by atoms with Crippen LogP contribution in [0.5, 0.6) is 0 Å². The van der Waals surface area contributed by atoms with Crippen LogP contribution in [0.4, 0.5) is 9.52 Å². The van der Waals surface area contributed by atoms with Gasteiger partial charge in [-0.2, -0.15) is 0 Å². The molecule has 4 rings (SSSR count). The van der Waals surface area contributed by atoms with Gasteiger partial charge in [0.2, 0.25) is 5.91 Å². The van der Waals surface area contributed by atoms with Crippen molar-refractivity contribution in [3.63, 3.8) is 0 Å². The van der Waals surface area contributed by atoms with Crippen molar-refractivity contribution >= 4 is 32.6 Å². The predicted octanol–water partition coefficient (Wildman–Crippen LogP) is 4.43. The standard InChI is InChI=1S/C20H19FN2O2S/c1-13-2-7-16-17(12-13)26-19(22-16)23-18(24)20(8-10-25-11-9-20)14-3-5-15(21)6-4-14/h2-7,12H,8-11H2,1H3,(H,22,23,24).